The minimum absolute atomic E-state index is 0.120. The van der Waals surface area contributed by atoms with Gasteiger partial charge in [0.1, 0.15) is 6.04 Å². The number of carbonyl (C=O) groups is 2. The Morgan fingerprint density at radius 3 is 2.73 bits per heavy atom. The summed E-state index contributed by atoms with van der Waals surface area (Å²) in [5.74, 6) is 0.800. The van der Waals surface area contributed by atoms with Crippen molar-refractivity contribution in [3.05, 3.63) is 40.5 Å². The van der Waals surface area contributed by atoms with E-state index < -0.39 is 6.04 Å². The number of aryl methyl sites for hydroxylation is 1. The number of fused-ring (bicyclic) bond motifs is 1. The molecule has 1 aromatic carbocycles. The summed E-state index contributed by atoms with van der Waals surface area (Å²) in [4.78, 5) is 31.9. The van der Waals surface area contributed by atoms with Gasteiger partial charge in [0.15, 0.2) is 0 Å². The van der Waals surface area contributed by atoms with E-state index >= 15 is 0 Å². The standard InChI is InChI=1S/C19H22ClN3O2S/c1-11-14(8-12-7-13(20)5-6-15(12)21-11)18(25)23-10-26-9-16(23)17(24)22-19(2,3)4/h5-8,16H,9-10H2,1-4H3,(H,22,24)/t16-/m1/s1. The Morgan fingerprint density at radius 1 is 1.31 bits per heavy atom. The van der Waals surface area contributed by atoms with Crippen LogP contribution in [0.4, 0.5) is 0 Å². The van der Waals surface area contributed by atoms with Crippen LogP contribution in [-0.4, -0.2) is 44.9 Å². The number of rotatable bonds is 2. The highest BCUT2D eigenvalue weighted by Gasteiger charge is 2.36. The van der Waals surface area contributed by atoms with Crippen LogP contribution in [0.1, 0.15) is 36.8 Å². The summed E-state index contributed by atoms with van der Waals surface area (Å²) in [6.07, 6.45) is 0. The van der Waals surface area contributed by atoms with Gasteiger partial charge in [-0.2, -0.15) is 0 Å². The molecular weight excluding hydrogens is 370 g/mol. The minimum Gasteiger partial charge on any atom is -0.350 e. The third kappa shape index (κ3) is 3.96. The third-order valence-electron chi connectivity index (χ3n) is 4.14. The second-order valence-electron chi connectivity index (χ2n) is 7.49. The predicted molar refractivity (Wildman–Crippen MR) is 107 cm³/mol. The van der Waals surface area contributed by atoms with E-state index in [2.05, 4.69) is 10.3 Å². The third-order valence-corrected chi connectivity index (χ3v) is 5.39. The number of halogens is 1. The van der Waals surface area contributed by atoms with Gasteiger partial charge in [0.2, 0.25) is 5.91 Å². The molecule has 2 heterocycles. The first-order chi connectivity index (χ1) is 12.2. The molecule has 138 valence electrons. The second kappa shape index (κ2) is 7.08. The minimum atomic E-state index is -0.471. The van der Waals surface area contributed by atoms with Crippen LogP contribution in [0.5, 0.6) is 0 Å². The number of benzene rings is 1. The van der Waals surface area contributed by atoms with E-state index in [1.54, 1.807) is 28.8 Å². The predicted octanol–water partition coefficient (Wildman–Crippen LogP) is 3.63. The van der Waals surface area contributed by atoms with Crippen molar-refractivity contribution in [2.75, 3.05) is 11.6 Å². The summed E-state index contributed by atoms with van der Waals surface area (Å²) in [5, 5.41) is 4.38. The molecule has 0 aliphatic carbocycles. The smallest absolute Gasteiger partial charge is 0.257 e. The summed E-state index contributed by atoms with van der Waals surface area (Å²) in [6.45, 7) is 7.61. The van der Waals surface area contributed by atoms with Crippen LogP contribution in [-0.2, 0) is 4.79 Å². The van der Waals surface area contributed by atoms with Crippen LogP contribution < -0.4 is 5.32 Å². The van der Waals surface area contributed by atoms with E-state index in [9.17, 15) is 9.59 Å². The Morgan fingerprint density at radius 2 is 2.04 bits per heavy atom. The molecule has 1 aliphatic rings. The molecule has 2 aromatic rings. The van der Waals surface area contributed by atoms with Crippen molar-refractivity contribution in [2.45, 2.75) is 39.3 Å². The Kier molecular flexibility index (Phi) is 5.17. The van der Waals surface area contributed by atoms with Gasteiger partial charge in [-0.25, -0.2) is 0 Å². The first-order valence-corrected chi connectivity index (χ1v) is 9.96. The van der Waals surface area contributed by atoms with Crippen LogP contribution in [0.25, 0.3) is 10.9 Å². The first kappa shape index (κ1) is 19.0. The Labute approximate surface area is 162 Å². The van der Waals surface area contributed by atoms with Gasteiger partial charge in [-0.1, -0.05) is 11.6 Å². The summed E-state index contributed by atoms with van der Waals surface area (Å²) < 4.78 is 0. The lowest BCUT2D eigenvalue weighted by Gasteiger charge is -2.28. The lowest BCUT2D eigenvalue weighted by molar-refractivity contribution is -0.125. The topological polar surface area (TPSA) is 62.3 Å². The van der Waals surface area contributed by atoms with Gasteiger partial charge in [-0.3, -0.25) is 14.6 Å². The normalized spacial score (nSPS) is 17.6. The number of amides is 2. The highest BCUT2D eigenvalue weighted by atomic mass is 35.5. The van der Waals surface area contributed by atoms with Gasteiger partial charge < -0.3 is 10.2 Å². The summed E-state index contributed by atoms with van der Waals surface area (Å²) in [6, 6.07) is 6.75. The van der Waals surface area contributed by atoms with Crippen molar-refractivity contribution in [3.8, 4) is 0 Å². The zero-order valence-electron chi connectivity index (χ0n) is 15.3. The maximum atomic E-state index is 13.1. The molecular formula is C19H22ClN3O2S. The highest BCUT2D eigenvalue weighted by Crippen LogP contribution is 2.27. The molecule has 0 saturated carbocycles. The number of carbonyl (C=O) groups excluding carboxylic acids is 2. The van der Waals surface area contributed by atoms with Crippen LogP contribution >= 0.6 is 23.4 Å². The van der Waals surface area contributed by atoms with Gasteiger partial charge in [-0.15, -0.1) is 11.8 Å². The largest absolute Gasteiger partial charge is 0.350 e. The zero-order chi connectivity index (χ0) is 19.1. The average molecular weight is 392 g/mol. The molecule has 1 aliphatic heterocycles. The van der Waals surface area contributed by atoms with E-state index in [-0.39, 0.29) is 17.4 Å². The molecule has 1 N–H and O–H groups in total. The Bertz CT molecular complexity index is 879. The molecule has 26 heavy (non-hydrogen) atoms. The maximum absolute atomic E-state index is 13.1. The van der Waals surface area contributed by atoms with Crippen LogP contribution in [0.2, 0.25) is 5.02 Å². The molecule has 0 unspecified atom stereocenters. The quantitative estimate of drug-likeness (QED) is 0.849. The number of thioether (sulfide) groups is 1. The van der Waals surface area contributed by atoms with Crippen molar-refractivity contribution in [3.63, 3.8) is 0 Å². The molecule has 1 saturated heterocycles. The molecule has 0 bridgehead atoms. The number of aromatic nitrogens is 1. The summed E-state index contributed by atoms with van der Waals surface area (Å²) >= 11 is 7.65. The number of hydrogen-bond donors (Lipinski definition) is 1. The van der Waals surface area contributed by atoms with E-state index in [0.717, 1.165) is 10.9 Å². The lowest BCUT2D eigenvalue weighted by atomic mass is 10.1. The number of nitrogens with one attached hydrogen (secondary N) is 1. The van der Waals surface area contributed by atoms with Crippen LogP contribution in [0.3, 0.4) is 0 Å². The molecule has 1 fully saturated rings. The van der Waals surface area contributed by atoms with E-state index in [0.29, 0.717) is 27.9 Å². The Balaban J connectivity index is 1.91. The molecule has 3 rings (SSSR count). The van der Waals surface area contributed by atoms with Crippen LogP contribution in [0, 0.1) is 6.92 Å². The van der Waals surface area contributed by atoms with E-state index in [1.807, 2.05) is 39.8 Å². The summed E-state index contributed by atoms with van der Waals surface area (Å²) in [5.41, 5.74) is 1.62. The van der Waals surface area contributed by atoms with E-state index in [1.165, 1.54) is 0 Å². The van der Waals surface area contributed by atoms with Gasteiger partial charge in [0.25, 0.3) is 5.91 Å². The molecule has 0 radical (unpaired) electrons. The summed E-state index contributed by atoms with van der Waals surface area (Å²) in [7, 11) is 0. The van der Waals surface area contributed by atoms with Crippen molar-refractivity contribution in [2.24, 2.45) is 0 Å². The molecule has 5 nitrogen and oxygen atoms in total. The number of nitrogens with zero attached hydrogens (tertiary/aromatic N) is 2. The van der Waals surface area contributed by atoms with Gasteiger partial charge >= 0.3 is 0 Å². The average Bonchev–Trinajstić information content (AvgIpc) is 3.02. The van der Waals surface area contributed by atoms with E-state index in [4.69, 9.17) is 11.6 Å². The zero-order valence-corrected chi connectivity index (χ0v) is 16.9. The van der Waals surface area contributed by atoms with Crippen molar-refractivity contribution >= 4 is 46.1 Å². The SMILES string of the molecule is Cc1nc2ccc(Cl)cc2cc1C(=O)N1CSC[C@@H]1C(=O)NC(C)(C)C. The number of hydrogen-bond acceptors (Lipinski definition) is 4. The fourth-order valence-corrected chi connectivity index (χ4v) is 4.26. The van der Waals surface area contributed by atoms with Crippen molar-refractivity contribution < 1.29 is 9.59 Å². The van der Waals surface area contributed by atoms with Crippen molar-refractivity contribution in [1.29, 1.82) is 0 Å². The van der Waals surface area contributed by atoms with Gasteiger partial charge in [0, 0.05) is 21.7 Å². The molecule has 1 atom stereocenters. The molecule has 2 amide bonds. The highest BCUT2D eigenvalue weighted by molar-refractivity contribution is 7.99. The Hall–Kier alpha value is -1.79. The second-order valence-corrected chi connectivity index (χ2v) is 8.92. The van der Waals surface area contributed by atoms with Crippen LogP contribution in [0.15, 0.2) is 24.3 Å². The lowest BCUT2D eigenvalue weighted by Crippen LogP contribution is -2.52. The molecule has 0 spiro atoms. The van der Waals surface area contributed by atoms with Gasteiger partial charge in [0.05, 0.1) is 22.7 Å². The maximum Gasteiger partial charge on any atom is 0.257 e. The monoisotopic (exact) mass is 391 g/mol. The molecule has 1 aromatic heterocycles. The molecule has 7 heteroatoms. The first-order valence-electron chi connectivity index (χ1n) is 8.43. The van der Waals surface area contributed by atoms with Gasteiger partial charge in [-0.05, 0) is 52.0 Å². The van der Waals surface area contributed by atoms with Crippen molar-refractivity contribution in [1.82, 2.24) is 15.2 Å². The fourth-order valence-electron chi connectivity index (χ4n) is 2.93. The number of pyridine rings is 1. The fraction of sp³-hybridized carbons (Fsp3) is 0.421.